The summed E-state index contributed by atoms with van der Waals surface area (Å²) >= 11 is 0. The number of hydrogen-bond donors (Lipinski definition) is 4. The molecule has 3 aromatic rings. The predicted molar refractivity (Wildman–Crippen MR) is 113 cm³/mol. The molecule has 0 radical (unpaired) electrons. The number of nitrogens with zero attached hydrogens (tertiary/aromatic N) is 1. The molecule has 29 heavy (non-hydrogen) atoms. The lowest BCUT2D eigenvalue weighted by molar-refractivity contribution is -0.130. The quantitative estimate of drug-likeness (QED) is 0.468. The fraction of sp³-hybridized carbons (Fsp3) is 0.318. The van der Waals surface area contributed by atoms with Crippen molar-refractivity contribution in [2.75, 3.05) is 0 Å². The molecule has 7 nitrogen and oxygen atoms in total. The summed E-state index contributed by atoms with van der Waals surface area (Å²) in [5.74, 6) is -0.667. The summed E-state index contributed by atoms with van der Waals surface area (Å²) in [5.41, 5.74) is 7.79. The van der Waals surface area contributed by atoms with Crippen LogP contribution in [0.15, 0.2) is 55.0 Å². The number of H-pyrrole nitrogens is 1. The van der Waals surface area contributed by atoms with Gasteiger partial charge in [0, 0.05) is 24.9 Å². The molecule has 0 bridgehead atoms. The van der Waals surface area contributed by atoms with Crippen LogP contribution in [0.2, 0.25) is 0 Å². The summed E-state index contributed by atoms with van der Waals surface area (Å²) in [5, 5.41) is 7.97. The van der Waals surface area contributed by atoms with Gasteiger partial charge < -0.3 is 21.4 Å². The highest BCUT2D eigenvalue weighted by Crippen LogP contribution is 2.18. The molecule has 0 aliphatic carbocycles. The maximum absolute atomic E-state index is 12.8. The van der Waals surface area contributed by atoms with E-state index in [0.29, 0.717) is 13.0 Å². The number of imidazole rings is 1. The Kier molecular flexibility index (Phi) is 6.61. The Bertz CT molecular complexity index is 963. The standard InChI is InChI=1S/C22H27N5O2/c1-14(2)20(27-21(28)19(23)10-17-12-24-13-26-17)22(29)25-11-16-8-5-7-15-6-3-4-9-18(15)16/h3-9,12-14,19-20H,10-11,23H2,1-2H3,(H,24,26)(H,25,29)(H,27,28)/t19-,20-/m0/s1. The Morgan fingerprint density at radius 2 is 1.86 bits per heavy atom. The highest BCUT2D eigenvalue weighted by molar-refractivity contribution is 5.90. The van der Waals surface area contributed by atoms with E-state index in [0.717, 1.165) is 22.0 Å². The molecule has 2 amide bonds. The number of carbonyl (C=O) groups excluding carboxylic acids is 2. The molecule has 2 aromatic carbocycles. The predicted octanol–water partition coefficient (Wildman–Crippen LogP) is 1.89. The molecule has 0 aliphatic rings. The van der Waals surface area contributed by atoms with Crippen molar-refractivity contribution >= 4 is 22.6 Å². The van der Waals surface area contributed by atoms with Gasteiger partial charge in [-0.2, -0.15) is 0 Å². The number of rotatable bonds is 8. The van der Waals surface area contributed by atoms with E-state index in [4.69, 9.17) is 5.73 Å². The van der Waals surface area contributed by atoms with Crippen molar-refractivity contribution in [1.29, 1.82) is 0 Å². The smallest absolute Gasteiger partial charge is 0.243 e. The topological polar surface area (TPSA) is 113 Å². The fourth-order valence-corrected chi connectivity index (χ4v) is 3.26. The number of amides is 2. The molecule has 2 atom stereocenters. The van der Waals surface area contributed by atoms with Gasteiger partial charge in [-0.25, -0.2) is 4.98 Å². The fourth-order valence-electron chi connectivity index (χ4n) is 3.26. The minimum absolute atomic E-state index is 0.0779. The molecule has 0 saturated heterocycles. The first-order chi connectivity index (χ1) is 14.0. The number of benzene rings is 2. The van der Waals surface area contributed by atoms with Gasteiger partial charge in [0.1, 0.15) is 6.04 Å². The van der Waals surface area contributed by atoms with E-state index in [1.54, 1.807) is 6.20 Å². The van der Waals surface area contributed by atoms with Crippen LogP contribution in [-0.4, -0.2) is 33.9 Å². The van der Waals surface area contributed by atoms with E-state index in [2.05, 4.69) is 20.6 Å². The van der Waals surface area contributed by atoms with E-state index >= 15 is 0 Å². The van der Waals surface area contributed by atoms with Crippen molar-refractivity contribution in [3.8, 4) is 0 Å². The molecule has 0 fully saturated rings. The van der Waals surface area contributed by atoms with E-state index < -0.39 is 12.1 Å². The highest BCUT2D eigenvalue weighted by atomic mass is 16.2. The molecule has 7 heteroatoms. The van der Waals surface area contributed by atoms with Crippen molar-refractivity contribution in [2.24, 2.45) is 11.7 Å². The maximum Gasteiger partial charge on any atom is 0.243 e. The Balaban J connectivity index is 1.62. The second kappa shape index (κ2) is 9.34. The lowest BCUT2D eigenvalue weighted by atomic mass is 10.0. The second-order valence-electron chi connectivity index (χ2n) is 7.47. The number of aromatic nitrogens is 2. The number of fused-ring (bicyclic) bond motifs is 1. The van der Waals surface area contributed by atoms with Gasteiger partial charge >= 0.3 is 0 Å². The molecule has 152 valence electrons. The summed E-state index contributed by atoms with van der Waals surface area (Å²) in [7, 11) is 0. The summed E-state index contributed by atoms with van der Waals surface area (Å²) in [6, 6.07) is 12.6. The van der Waals surface area contributed by atoms with Crippen LogP contribution in [0.4, 0.5) is 0 Å². The average molecular weight is 393 g/mol. The van der Waals surface area contributed by atoms with E-state index in [9.17, 15) is 9.59 Å². The molecular weight excluding hydrogens is 366 g/mol. The third kappa shape index (κ3) is 5.20. The zero-order valence-corrected chi connectivity index (χ0v) is 16.7. The number of hydrogen-bond acceptors (Lipinski definition) is 4. The molecule has 0 unspecified atom stereocenters. The Morgan fingerprint density at radius 1 is 1.10 bits per heavy atom. The Labute approximate surface area is 170 Å². The van der Waals surface area contributed by atoms with Crippen molar-refractivity contribution < 1.29 is 9.59 Å². The molecule has 1 aromatic heterocycles. The summed E-state index contributed by atoms with van der Waals surface area (Å²) in [6.07, 6.45) is 3.50. The lowest BCUT2D eigenvalue weighted by Crippen LogP contribution is -2.54. The third-order valence-electron chi connectivity index (χ3n) is 4.91. The van der Waals surface area contributed by atoms with Crippen LogP contribution in [0.1, 0.15) is 25.1 Å². The van der Waals surface area contributed by atoms with Crippen molar-refractivity contribution in [3.05, 3.63) is 66.2 Å². The molecule has 0 saturated carbocycles. The molecule has 0 aliphatic heterocycles. The van der Waals surface area contributed by atoms with Gasteiger partial charge in [0.2, 0.25) is 11.8 Å². The zero-order chi connectivity index (χ0) is 20.8. The lowest BCUT2D eigenvalue weighted by Gasteiger charge is -2.23. The van der Waals surface area contributed by atoms with Crippen molar-refractivity contribution in [1.82, 2.24) is 20.6 Å². The summed E-state index contributed by atoms with van der Waals surface area (Å²) < 4.78 is 0. The SMILES string of the molecule is CC(C)[C@H](NC(=O)[C@@H](N)Cc1cnc[nH]1)C(=O)NCc1cccc2ccccc12. The van der Waals surface area contributed by atoms with Crippen LogP contribution in [0.3, 0.4) is 0 Å². The van der Waals surface area contributed by atoms with Crippen LogP contribution in [0.5, 0.6) is 0 Å². The highest BCUT2D eigenvalue weighted by Gasteiger charge is 2.26. The average Bonchev–Trinajstić information content (AvgIpc) is 3.22. The molecular formula is C22H27N5O2. The first kappa shape index (κ1) is 20.5. The van der Waals surface area contributed by atoms with Crippen LogP contribution < -0.4 is 16.4 Å². The minimum atomic E-state index is -0.762. The number of nitrogens with two attached hydrogens (primary N) is 1. The monoisotopic (exact) mass is 393 g/mol. The molecule has 5 N–H and O–H groups in total. The summed E-state index contributed by atoms with van der Waals surface area (Å²) in [6.45, 7) is 4.17. The molecule has 3 rings (SSSR count). The van der Waals surface area contributed by atoms with Crippen molar-refractivity contribution in [2.45, 2.75) is 38.9 Å². The largest absolute Gasteiger partial charge is 0.350 e. The van der Waals surface area contributed by atoms with E-state index in [-0.39, 0.29) is 17.7 Å². The normalized spacial score (nSPS) is 13.2. The first-order valence-corrected chi connectivity index (χ1v) is 9.73. The van der Waals surface area contributed by atoms with Crippen LogP contribution >= 0.6 is 0 Å². The van der Waals surface area contributed by atoms with Crippen molar-refractivity contribution in [3.63, 3.8) is 0 Å². The van der Waals surface area contributed by atoms with Gasteiger partial charge in [0.05, 0.1) is 12.4 Å². The Hall–Kier alpha value is -3.19. The van der Waals surface area contributed by atoms with Gasteiger partial charge in [0.15, 0.2) is 0 Å². The number of carbonyl (C=O) groups is 2. The number of aromatic amines is 1. The second-order valence-corrected chi connectivity index (χ2v) is 7.47. The minimum Gasteiger partial charge on any atom is -0.350 e. The Morgan fingerprint density at radius 3 is 2.59 bits per heavy atom. The zero-order valence-electron chi connectivity index (χ0n) is 16.7. The van der Waals surface area contributed by atoms with Crippen LogP contribution in [-0.2, 0) is 22.6 Å². The molecule has 1 heterocycles. The number of nitrogens with one attached hydrogen (secondary N) is 3. The summed E-state index contributed by atoms with van der Waals surface area (Å²) in [4.78, 5) is 32.1. The van der Waals surface area contributed by atoms with Gasteiger partial charge in [-0.05, 0) is 22.3 Å². The third-order valence-corrected chi connectivity index (χ3v) is 4.91. The van der Waals surface area contributed by atoms with E-state index in [1.165, 1.54) is 6.33 Å². The maximum atomic E-state index is 12.8. The van der Waals surface area contributed by atoms with Gasteiger partial charge in [-0.1, -0.05) is 56.3 Å². The first-order valence-electron chi connectivity index (χ1n) is 9.73. The van der Waals surface area contributed by atoms with Gasteiger partial charge in [0.25, 0.3) is 0 Å². The van der Waals surface area contributed by atoms with Crippen LogP contribution in [0.25, 0.3) is 10.8 Å². The molecule has 0 spiro atoms. The van der Waals surface area contributed by atoms with Gasteiger partial charge in [-0.3, -0.25) is 9.59 Å². The van der Waals surface area contributed by atoms with E-state index in [1.807, 2.05) is 56.3 Å². The van der Waals surface area contributed by atoms with Gasteiger partial charge in [-0.15, -0.1) is 0 Å². The van der Waals surface area contributed by atoms with Crippen LogP contribution in [0, 0.1) is 5.92 Å².